The lowest BCUT2D eigenvalue weighted by Gasteiger charge is -2.21. The Bertz CT molecular complexity index is 566. The SMILES string of the molecule is NCC(Cc1cc2ccccc2o1)C(=O)N1CCCC1. The zero-order valence-electron chi connectivity index (χ0n) is 11.5. The summed E-state index contributed by atoms with van der Waals surface area (Å²) in [6.45, 7) is 2.11. The average Bonchev–Trinajstić information content (AvgIpc) is 3.12. The molecule has 106 valence electrons. The molecule has 2 aromatic rings. The maximum absolute atomic E-state index is 12.4. The highest BCUT2D eigenvalue weighted by atomic mass is 16.3. The molecule has 1 aromatic carbocycles. The summed E-state index contributed by atoms with van der Waals surface area (Å²) in [5.41, 5.74) is 6.66. The zero-order valence-corrected chi connectivity index (χ0v) is 11.5. The van der Waals surface area contributed by atoms with Crippen LogP contribution >= 0.6 is 0 Å². The van der Waals surface area contributed by atoms with Gasteiger partial charge >= 0.3 is 0 Å². The Morgan fingerprint density at radius 3 is 2.75 bits per heavy atom. The molecule has 0 spiro atoms. The van der Waals surface area contributed by atoms with Crippen LogP contribution in [-0.4, -0.2) is 30.4 Å². The smallest absolute Gasteiger partial charge is 0.227 e. The van der Waals surface area contributed by atoms with Gasteiger partial charge in [-0.3, -0.25) is 4.79 Å². The van der Waals surface area contributed by atoms with Crippen molar-refractivity contribution in [2.24, 2.45) is 11.7 Å². The fourth-order valence-electron chi connectivity index (χ4n) is 2.85. The molecule has 20 heavy (non-hydrogen) atoms. The molecule has 2 heterocycles. The molecule has 1 amide bonds. The van der Waals surface area contributed by atoms with Crippen molar-refractivity contribution in [1.29, 1.82) is 0 Å². The van der Waals surface area contributed by atoms with Crippen LogP contribution < -0.4 is 5.73 Å². The molecule has 4 heteroatoms. The van der Waals surface area contributed by atoms with Gasteiger partial charge in [0.25, 0.3) is 0 Å². The van der Waals surface area contributed by atoms with E-state index >= 15 is 0 Å². The number of fused-ring (bicyclic) bond motifs is 1. The Morgan fingerprint density at radius 2 is 2.05 bits per heavy atom. The quantitative estimate of drug-likeness (QED) is 0.928. The highest BCUT2D eigenvalue weighted by molar-refractivity contribution is 5.80. The monoisotopic (exact) mass is 272 g/mol. The van der Waals surface area contributed by atoms with Crippen LogP contribution in [0.1, 0.15) is 18.6 Å². The second kappa shape index (κ2) is 5.67. The molecule has 1 aliphatic heterocycles. The third-order valence-corrected chi connectivity index (χ3v) is 3.98. The molecule has 1 saturated heterocycles. The first-order valence-corrected chi connectivity index (χ1v) is 7.24. The number of nitrogens with zero attached hydrogens (tertiary/aromatic N) is 1. The van der Waals surface area contributed by atoms with Crippen LogP contribution in [-0.2, 0) is 11.2 Å². The van der Waals surface area contributed by atoms with Crippen LogP contribution in [0.25, 0.3) is 11.0 Å². The number of hydrogen-bond acceptors (Lipinski definition) is 3. The van der Waals surface area contributed by atoms with Gasteiger partial charge in [0.1, 0.15) is 11.3 Å². The van der Waals surface area contributed by atoms with Gasteiger partial charge in [0.05, 0.1) is 5.92 Å². The van der Waals surface area contributed by atoms with Crippen LogP contribution in [0.2, 0.25) is 0 Å². The van der Waals surface area contributed by atoms with E-state index in [0.717, 1.165) is 42.7 Å². The first kappa shape index (κ1) is 13.2. The second-order valence-electron chi connectivity index (χ2n) is 5.42. The molecular weight excluding hydrogens is 252 g/mol. The fraction of sp³-hybridized carbons (Fsp3) is 0.438. The summed E-state index contributed by atoms with van der Waals surface area (Å²) in [4.78, 5) is 14.3. The fourth-order valence-corrected chi connectivity index (χ4v) is 2.85. The lowest BCUT2D eigenvalue weighted by Crippen LogP contribution is -2.38. The molecule has 3 rings (SSSR count). The van der Waals surface area contributed by atoms with E-state index in [2.05, 4.69) is 0 Å². The number of para-hydroxylation sites is 1. The lowest BCUT2D eigenvalue weighted by molar-refractivity contribution is -0.134. The highest BCUT2D eigenvalue weighted by Gasteiger charge is 2.26. The second-order valence-corrected chi connectivity index (χ2v) is 5.42. The van der Waals surface area contributed by atoms with E-state index in [-0.39, 0.29) is 11.8 Å². The van der Waals surface area contributed by atoms with Gasteiger partial charge in [0.15, 0.2) is 0 Å². The number of carbonyl (C=O) groups is 1. The Kier molecular flexibility index (Phi) is 3.74. The molecule has 0 aliphatic carbocycles. The van der Waals surface area contributed by atoms with Gasteiger partial charge in [0, 0.05) is 31.4 Å². The Balaban J connectivity index is 1.75. The number of nitrogens with two attached hydrogens (primary N) is 1. The standard InChI is InChI=1S/C16H20N2O2/c17-11-13(16(19)18-7-3-4-8-18)10-14-9-12-5-1-2-6-15(12)20-14/h1-2,5-6,9,13H,3-4,7-8,10-11,17H2. The summed E-state index contributed by atoms with van der Waals surface area (Å²) in [7, 11) is 0. The Labute approximate surface area is 118 Å². The summed E-state index contributed by atoms with van der Waals surface area (Å²) in [5.74, 6) is 0.841. The van der Waals surface area contributed by atoms with E-state index in [0.29, 0.717) is 13.0 Å². The van der Waals surface area contributed by atoms with Crippen molar-refractivity contribution in [3.8, 4) is 0 Å². The topological polar surface area (TPSA) is 59.5 Å². The van der Waals surface area contributed by atoms with Crippen LogP contribution in [0.4, 0.5) is 0 Å². The van der Waals surface area contributed by atoms with Crippen molar-refractivity contribution in [1.82, 2.24) is 4.90 Å². The molecule has 1 unspecified atom stereocenters. The van der Waals surface area contributed by atoms with Crippen molar-refractivity contribution in [3.05, 3.63) is 36.1 Å². The zero-order chi connectivity index (χ0) is 13.9. The molecule has 4 nitrogen and oxygen atoms in total. The number of amides is 1. The molecular formula is C16H20N2O2. The molecule has 0 saturated carbocycles. The molecule has 1 fully saturated rings. The minimum Gasteiger partial charge on any atom is -0.461 e. The van der Waals surface area contributed by atoms with Crippen LogP contribution in [0.15, 0.2) is 34.7 Å². The van der Waals surface area contributed by atoms with Crippen LogP contribution in [0, 0.1) is 5.92 Å². The van der Waals surface area contributed by atoms with Crippen LogP contribution in [0.5, 0.6) is 0 Å². The minimum absolute atomic E-state index is 0.172. The number of likely N-dealkylation sites (tertiary alicyclic amines) is 1. The minimum atomic E-state index is -0.173. The Morgan fingerprint density at radius 1 is 1.30 bits per heavy atom. The largest absolute Gasteiger partial charge is 0.461 e. The van der Waals surface area contributed by atoms with Gasteiger partial charge in [-0.2, -0.15) is 0 Å². The van der Waals surface area contributed by atoms with E-state index in [1.54, 1.807) is 0 Å². The van der Waals surface area contributed by atoms with Gasteiger partial charge in [0.2, 0.25) is 5.91 Å². The number of furan rings is 1. The van der Waals surface area contributed by atoms with E-state index in [9.17, 15) is 4.79 Å². The maximum atomic E-state index is 12.4. The number of rotatable bonds is 4. The van der Waals surface area contributed by atoms with E-state index in [1.807, 2.05) is 35.2 Å². The average molecular weight is 272 g/mol. The van der Waals surface area contributed by atoms with Gasteiger partial charge in [-0.25, -0.2) is 0 Å². The maximum Gasteiger partial charge on any atom is 0.227 e. The van der Waals surface area contributed by atoms with Crippen molar-refractivity contribution in [2.75, 3.05) is 19.6 Å². The van der Waals surface area contributed by atoms with Gasteiger partial charge < -0.3 is 15.1 Å². The predicted molar refractivity (Wildman–Crippen MR) is 78.3 cm³/mol. The summed E-state index contributed by atoms with van der Waals surface area (Å²) in [5, 5.41) is 1.08. The molecule has 0 bridgehead atoms. The molecule has 2 N–H and O–H groups in total. The molecule has 1 aromatic heterocycles. The number of carbonyl (C=O) groups excluding carboxylic acids is 1. The van der Waals surface area contributed by atoms with Crippen molar-refractivity contribution >= 4 is 16.9 Å². The number of hydrogen-bond donors (Lipinski definition) is 1. The first-order valence-electron chi connectivity index (χ1n) is 7.24. The van der Waals surface area contributed by atoms with Gasteiger partial charge in [-0.1, -0.05) is 18.2 Å². The summed E-state index contributed by atoms with van der Waals surface area (Å²) >= 11 is 0. The van der Waals surface area contributed by atoms with Crippen molar-refractivity contribution in [3.63, 3.8) is 0 Å². The predicted octanol–water partition coefficient (Wildman–Crippen LogP) is 2.17. The van der Waals surface area contributed by atoms with E-state index in [1.165, 1.54) is 0 Å². The highest BCUT2D eigenvalue weighted by Crippen LogP contribution is 2.22. The van der Waals surface area contributed by atoms with Crippen molar-refractivity contribution < 1.29 is 9.21 Å². The lowest BCUT2D eigenvalue weighted by atomic mass is 10.0. The van der Waals surface area contributed by atoms with Crippen LogP contribution in [0.3, 0.4) is 0 Å². The van der Waals surface area contributed by atoms with E-state index < -0.39 is 0 Å². The molecule has 0 radical (unpaired) electrons. The Hall–Kier alpha value is -1.81. The third kappa shape index (κ3) is 2.56. The third-order valence-electron chi connectivity index (χ3n) is 3.98. The number of benzene rings is 1. The van der Waals surface area contributed by atoms with E-state index in [4.69, 9.17) is 10.2 Å². The van der Waals surface area contributed by atoms with Gasteiger partial charge in [-0.15, -0.1) is 0 Å². The normalized spacial score (nSPS) is 16.8. The molecule has 1 atom stereocenters. The summed E-state index contributed by atoms with van der Waals surface area (Å²) < 4.78 is 5.79. The summed E-state index contributed by atoms with van der Waals surface area (Å²) in [6, 6.07) is 9.90. The van der Waals surface area contributed by atoms with Crippen molar-refractivity contribution in [2.45, 2.75) is 19.3 Å². The molecule has 1 aliphatic rings. The summed E-state index contributed by atoms with van der Waals surface area (Å²) in [6.07, 6.45) is 2.79. The first-order chi connectivity index (χ1) is 9.78. The van der Waals surface area contributed by atoms with Gasteiger partial charge in [-0.05, 0) is 25.0 Å².